The fourth-order valence-corrected chi connectivity index (χ4v) is 7.82. The average molecular weight is 593 g/mol. The molecular weight excluding hydrogens is 544 g/mol. The number of aliphatic hydroxyl groups excluding tert-OH is 1. The number of anilines is 2. The lowest BCUT2D eigenvalue weighted by atomic mass is 9.74. The molecule has 4 heterocycles. The highest BCUT2D eigenvalue weighted by atomic mass is 16.5. The highest BCUT2D eigenvalue weighted by molar-refractivity contribution is 6.06. The van der Waals surface area contributed by atoms with E-state index in [4.69, 9.17) is 4.74 Å². The molecule has 0 saturated carbocycles. The minimum absolute atomic E-state index is 0.0700. The summed E-state index contributed by atoms with van der Waals surface area (Å²) in [5, 5.41) is 10.6. The quantitative estimate of drug-likeness (QED) is 0.418. The number of hydrogen-bond donors (Lipinski definition) is 1. The third kappa shape index (κ3) is 4.89. The number of likely N-dealkylation sites (tertiary alicyclic amines) is 1. The highest BCUT2D eigenvalue weighted by Gasteiger charge is 2.75. The van der Waals surface area contributed by atoms with E-state index in [1.165, 1.54) is 0 Å². The van der Waals surface area contributed by atoms with E-state index in [-0.39, 0.29) is 30.2 Å². The first kappa shape index (κ1) is 31.3. The largest absolute Gasteiger partial charge is 0.394 e. The van der Waals surface area contributed by atoms with Gasteiger partial charge in [-0.2, -0.15) is 0 Å². The molecule has 9 nitrogen and oxygen atoms in total. The van der Waals surface area contributed by atoms with Gasteiger partial charge in [-0.3, -0.25) is 14.4 Å². The number of nitrogens with zero attached hydrogens (tertiary/aromatic N) is 4. The standard InChI is InChI=1S/C34H48N4O5/c1-7-19-36-20-11-17-33(6)27(30(36)40)28-31(41)38(26(22-39)23(5)8-2)29-32(42)37(21-12-18-34(28,29)43-33)25-15-13-24(14-16-25)35(9-3)10-4/h11-18,23,26-29,39H,7-10,19-22H2,1-6H3/t23-,26-,27+,28-,29?,33-,34-/m0/s1. The number of fused-ring (bicyclic) bond motifs is 2. The second-order valence-corrected chi connectivity index (χ2v) is 12.6. The molecule has 5 rings (SSSR count). The zero-order chi connectivity index (χ0) is 31.1. The molecule has 0 bridgehead atoms. The minimum Gasteiger partial charge on any atom is -0.394 e. The van der Waals surface area contributed by atoms with Crippen molar-refractivity contribution >= 4 is 29.1 Å². The molecule has 43 heavy (non-hydrogen) atoms. The Morgan fingerprint density at radius 2 is 1.63 bits per heavy atom. The van der Waals surface area contributed by atoms with Gasteiger partial charge in [0.25, 0.3) is 5.91 Å². The Bertz CT molecular complexity index is 1280. The Morgan fingerprint density at radius 1 is 0.953 bits per heavy atom. The number of carbonyl (C=O) groups excluding carboxylic acids is 3. The van der Waals surface area contributed by atoms with Crippen LogP contribution in [0.15, 0.2) is 48.6 Å². The summed E-state index contributed by atoms with van der Waals surface area (Å²) in [6, 6.07) is 6.32. The van der Waals surface area contributed by atoms with Gasteiger partial charge in [-0.25, -0.2) is 0 Å². The lowest BCUT2D eigenvalue weighted by molar-refractivity contribution is -0.152. The molecule has 7 atom stereocenters. The topological polar surface area (TPSA) is 93.6 Å². The van der Waals surface area contributed by atoms with Gasteiger partial charge in [-0.15, -0.1) is 0 Å². The monoisotopic (exact) mass is 592 g/mol. The van der Waals surface area contributed by atoms with Crippen molar-refractivity contribution in [1.29, 1.82) is 0 Å². The molecule has 2 saturated heterocycles. The lowest BCUT2D eigenvalue weighted by Gasteiger charge is -2.41. The molecule has 1 aromatic rings. The summed E-state index contributed by atoms with van der Waals surface area (Å²) in [5.74, 6) is -2.43. The molecular formula is C34H48N4O5. The van der Waals surface area contributed by atoms with Crippen molar-refractivity contribution in [2.45, 2.75) is 77.7 Å². The molecule has 0 aromatic heterocycles. The summed E-state index contributed by atoms with van der Waals surface area (Å²) < 4.78 is 6.95. The predicted molar refractivity (Wildman–Crippen MR) is 168 cm³/mol. The smallest absolute Gasteiger partial charge is 0.253 e. The molecule has 4 aliphatic rings. The summed E-state index contributed by atoms with van der Waals surface area (Å²) in [4.78, 5) is 51.0. The van der Waals surface area contributed by atoms with E-state index in [0.29, 0.717) is 26.1 Å². The van der Waals surface area contributed by atoms with Crippen LogP contribution in [-0.4, -0.2) is 95.2 Å². The molecule has 1 spiro atoms. The second kappa shape index (κ2) is 12.1. The zero-order valence-corrected chi connectivity index (χ0v) is 26.5. The Labute approximate surface area is 256 Å². The number of ether oxygens (including phenoxy) is 1. The van der Waals surface area contributed by atoms with Crippen molar-refractivity contribution in [2.24, 2.45) is 17.8 Å². The Morgan fingerprint density at radius 3 is 2.23 bits per heavy atom. The third-order valence-electron chi connectivity index (χ3n) is 10.2. The average Bonchev–Trinajstić information content (AvgIpc) is 3.27. The van der Waals surface area contributed by atoms with Crippen LogP contribution in [0.2, 0.25) is 0 Å². The molecule has 3 amide bonds. The van der Waals surface area contributed by atoms with Crippen molar-refractivity contribution < 1.29 is 24.2 Å². The number of carbonyl (C=O) groups is 3. The number of hydrogen-bond acceptors (Lipinski definition) is 6. The fraction of sp³-hybridized carbons (Fsp3) is 0.618. The van der Waals surface area contributed by atoms with E-state index in [2.05, 4.69) is 18.7 Å². The van der Waals surface area contributed by atoms with Gasteiger partial charge in [0.2, 0.25) is 11.8 Å². The first-order valence-corrected chi connectivity index (χ1v) is 16.1. The van der Waals surface area contributed by atoms with Crippen LogP contribution in [0.1, 0.15) is 54.4 Å². The number of aliphatic hydroxyl groups is 1. The molecule has 0 radical (unpaired) electrons. The minimum atomic E-state index is -1.35. The summed E-state index contributed by atoms with van der Waals surface area (Å²) in [6.45, 7) is 14.9. The molecule has 4 aliphatic heterocycles. The lowest BCUT2D eigenvalue weighted by Crippen LogP contribution is -2.60. The maximum Gasteiger partial charge on any atom is 0.253 e. The number of rotatable bonds is 10. The summed E-state index contributed by atoms with van der Waals surface area (Å²) in [5.41, 5.74) is -0.599. The van der Waals surface area contributed by atoms with Gasteiger partial charge in [0.15, 0.2) is 0 Å². The first-order chi connectivity index (χ1) is 20.6. The van der Waals surface area contributed by atoms with Crippen LogP contribution in [0.4, 0.5) is 11.4 Å². The first-order valence-electron chi connectivity index (χ1n) is 16.1. The van der Waals surface area contributed by atoms with E-state index < -0.39 is 35.1 Å². The summed E-state index contributed by atoms with van der Waals surface area (Å²) in [6.07, 6.45) is 9.15. The number of amides is 3. The molecule has 1 N–H and O–H groups in total. The van der Waals surface area contributed by atoms with E-state index in [1.54, 1.807) is 14.7 Å². The third-order valence-corrected chi connectivity index (χ3v) is 10.2. The van der Waals surface area contributed by atoms with Crippen LogP contribution in [0.25, 0.3) is 0 Å². The Balaban J connectivity index is 1.63. The molecule has 1 unspecified atom stereocenters. The van der Waals surface area contributed by atoms with Crippen molar-refractivity contribution in [2.75, 3.05) is 49.1 Å². The van der Waals surface area contributed by atoms with Gasteiger partial charge < -0.3 is 29.4 Å². The van der Waals surface area contributed by atoms with Gasteiger partial charge in [0.1, 0.15) is 11.6 Å². The van der Waals surface area contributed by atoms with Gasteiger partial charge in [-0.05, 0) is 57.4 Å². The maximum atomic E-state index is 14.8. The second-order valence-electron chi connectivity index (χ2n) is 12.6. The van der Waals surface area contributed by atoms with Gasteiger partial charge in [0, 0.05) is 44.1 Å². The van der Waals surface area contributed by atoms with Crippen LogP contribution in [-0.2, 0) is 19.1 Å². The van der Waals surface area contributed by atoms with E-state index in [1.807, 2.05) is 76.3 Å². The van der Waals surface area contributed by atoms with E-state index in [9.17, 15) is 19.5 Å². The van der Waals surface area contributed by atoms with Gasteiger partial charge in [0.05, 0.1) is 30.1 Å². The Kier molecular flexibility index (Phi) is 8.78. The zero-order valence-electron chi connectivity index (χ0n) is 26.5. The van der Waals surface area contributed by atoms with Crippen LogP contribution in [0.5, 0.6) is 0 Å². The molecule has 234 valence electrons. The van der Waals surface area contributed by atoms with Crippen molar-refractivity contribution in [3.63, 3.8) is 0 Å². The predicted octanol–water partition coefficient (Wildman–Crippen LogP) is 3.62. The fourth-order valence-electron chi connectivity index (χ4n) is 7.82. The molecule has 1 aromatic carbocycles. The summed E-state index contributed by atoms with van der Waals surface area (Å²) >= 11 is 0. The molecule has 2 fully saturated rings. The van der Waals surface area contributed by atoms with Gasteiger partial charge in [-0.1, -0.05) is 51.5 Å². The van der Waals surface area contributed by atoms with Gasteiger partial charge >= 0.3 is 0 Å². The maximum absolute atomic E-state index is 14.8. The van der Waals surface area contributed by atoms with Crippen LogP contribution in [0, 0.1) is 17.8 Å². The van der Waals surface area contributed by atoms with Crippen LogP contribution < -0.4 is 9.80 Å². The van der Waals surface area contributed by atoms with Crippen molar-refractivity contribution in [1.82, 2.24) is 9.80 Å². The summed E-state index contributed by atoms with van der Waals surface area (Å²) in [7, 11) is 0. The molecule has 0 aliphatic carbocycles. The van der Waals surface area contributed by atoms with Crippen LogP contribution >= 0.6 is 0 Å². The normalized spacial score (nSPS) is 31.5. The van der Waals surface area contributed by atoms with E-state index in [0.717, 1.165) is 30.9 Å². The van der Waals surface area contributed by atoms with Crippen LogP contribution in [0.3, 0.4) is 0 Å². The highest BCUT2D eigenvalue weighted by Crippen LogP contribution is 2.58. The van der Waals surface area contributed by atoms with E-state index >= 15 is 0 Å². The molecule has 9 heteroatoms. The van der Waals surface area contributed by atoms with Crippen molar-refractivity contribution in [3.05, 3.63) is 48.6 Å². The SMILES string of the molecule is CCCN1CC=C[C@]2(C)O[C@]34C=CCN(c5ccc(N(CC)CC)cc5)C(=O)C3N([C@@H](CO)[C@@H](C)CC)C(=O)[C@@H]4[C@@H]2C1=O. The Hall–Kier alpha value is -3.17. The van der Waals surface area contributed by atoms with Crippen molar-refractivity contribution in [3.8, 4) is 0 Å². The number of benzene rings is 1.